The highest BCUT2D eigenvalue weighted by atomic mass is 32.2. The number of rotatable bonds is 5. The third kappa shape index (κ3) is 3.31. The minimum absolute atomic E-state index is 0.0307. The Bertz CT molecular complexity index is 544. The first-order chi connectivity index (χ1) is 9.00. The highest BCUT2D eigenvalue weighted by molar-refractivity contribution is 7.87. The van der Waals surface area contributed by atoms with Gasteiger partial charge in [0.05, 0.1) is 6.42 Å². The maximum atomic E-state index is 12.2. The van der Waals surface area contributed by atoms with Crippen LogP contribution in [0.25, 0.3) is 0 Å². The van der Waals surface area contributed by atoms with Gasteiger partial charge in [-0.3, -0.25) is 4.79 Å². The van der Waals surface area contributed by atoms with Crippen molar-refractivity contribution >= 4 is 16.2 Å². The molecular formula is C12H16N2O4S. The van der Waals surface area contributed by atoms with Crippen LogP contribution in [-0.4, -0.2) is 47.7 Å². The fourth-order valence-corrected chi connectivity index (χ4v) is 3.60. The molecule has 1 heterocycles. The van der Waals surface area contributed by atoms with Crippen LogP contribution in [0.3, 0.4) is 0 Å². The Morgan fingerprint density at radius 3 is 2.42 bits per heavy atom. The van der Waals surface area contributed by atoms with Gasteiger partial charge in [0.15, 0.2) is 0 Å². The fraction of sp³-hybridized carbons (Fsp3) is 0.417. The molecule has 1 aromatic rings. The molecule has 0 aromatic heterocycles. The van der Waals surface area contributed by atoms with E-state index in [1.165, 1.54) is 8.61 Å². The van der Waals surface area contributed by atoms with Gasteiger partial charge in [0.1, 0.15) is 0 Å². The second-order valence-corrected chi connectivity index (χ2v) is 6.30. The van der Waals surface area contributed by atoms with E-state index >= 15 is 0 Å². The van der Waals surface area contributed by atoms with Gasteiger partial charge in [-0.15, -0.1) is 0 Å². The van der Waals surface area contributed by atoms with Gasteiger partial charge in [0.25, 0.3) is 10.2 Å². The zero-order valence-corrected chi connectivity index (χ0v) is 11.2. The van der Waals surface area contributed by atoms with Gasteiger partial charge in [-0.05, 0) is 5.56 Å². The molecule has 0 atom stereocenters. The standard InChI is InChI=1S/C12H16N2O4S/c15-12(16)6-7-13-8-9-14(19(13,17)18)10-11-4-2-1-3-5-11/h1-5H,6-10H2,(H,15,16). The average molecular weight is 284 g/mol. The normalized spacial score (nSPS) is 19.6. The van der Waals surface area contributed by atoms with Gasteiger partial charge < -0.3 is 5.11 Å². The predicted octanol–water partition coefficient (Wildman–Crippen LogP) is 0.524. The first-order valence-corrected chi connectivity index (χ1v) is 7.41. The summed E-state index contributed by atoms with van der Waals surface area (Å²) >= 11 is 0. The van der Waals surface area contributed by atoms with Crippen molar-refractivity contribution in [3.8, 4) is 0 Å². The van der Waals surface area contributed by atoms with E-state index in [-0.39, 0.29) is 13.0 Å². The number of aliphatic carboxylic acids is 1. The third-order valence-corrected chi connectivity index (χ3v) is 5.01. The van der Waals surface area contributed by atoms with E-state index in [0.29, 0.717) is 19.6 Å². The molecule has 6 nitrogen and oxygen atoms in total. The zero-order valence-electron chi connectivity index (χ0n) is 10.4. The van der Waals surface area contributed by atoms with Crippen molar-refractivity contribution in [1.29, 1.82) is 0 Å². The molecule has 19 heavy (non-hydrogen) atoms. The molecule has 1 aliphatic rings. The molecule has 0 radical (unpaired) electrons. The van der Waals surface area contributed by atoms with Gasteiger partial charge in [-0.1, -0.05) is 30.3 Å². The van der Waals surface area contributed by atoms with Crippen LogP contribution < -0.4 is 0 Å². The maximum absolute atomic E-state index is 12.2. The van der Waals surface area contributed by atoms with Gasteiger partial charge >= 0.3 is 5.97 Å². The van der Waals surface area contributed by atoms with Crippen LogP contribution in [0.2, 0.25) is 0 Å². The molecule has 1 saturated heterocycles. The largest absolute Gasteiger partial charge is 0.481 e. The minimum Gasteiger partial charge on any atom is -0.481 e. The summed E-state index contributed by atoms with van der Waals surface area (Å²) in [6.45, 7) is 1.11. The molecule has 0 spiro atoms. The number of carboxylic acids is 1. The van der Waals surface area contributed by atoms with E-state index < -0.39 is 16.2 Å². The highest BCUT2D eigenvalue weighted by Gasteiger charge is 2.36. The fourth-order valence-electron chi connectivity index (χ4n) is 2.01. The van der Waals surface area contributed by atoms with Crippen molar-refractivity contribution in [3.63, 3.8) is 0 Å². The minimum atomic E-state index is -3.52. The Morgan fingerprint density at radius 1 is 1.16 bits per heavy atom. The zero-order chi connectivity index (χ0) is 13.9. The van der Waals surface area contributed by atoms with Crippen molar-refractivity contribution in [3.05, 3.63) is 35.9 Å². The van der Waals surface area contributed by atoms with Crippen molar-refractivity contribution in [2.75, 3.05) is 19.6 Å². The summed E-state index contributed by atoms with van der Waals surface area (Å²) in [5.41, 5.74) is 0.922. The maximum Gasteiger partial charge on any atom is 0.304 e. The molecule has 1 N–H and O–H groups in total. The molecule has 0 saturated carbocycles. The molecule has 0 unspecified atom stereocenters. The molecule has 1 aromatic carbocycles. The quantitative estimate of drug-likeness (QED) is 0.855. The topological polar surface area (TPSA) is 77.9 Å². The van der Waals surface area contributed by atoms with Crippen molar-refractivity contribution < 1.29 is 18.3 Å². The van der Waals surface area contributed by atoms with Crippen LogP contribution in [0, 0.1) is 0 Å². The number of nitrogens with zero attached hydrogens (tertiary/aromatic N) is 2. The second kappa shape index (κ2) is 5.68. The van der Waals surface area contributed by atoms with E-state index in [0.717, 1.165) is 5.56 Å². The Morgan fingerprint density at radius 2 is 1.79 bits per heavy atom. The summed E-state index contributed by atoms with van der Waals surface area (Å²) in [5.74, 6) is -0.989. The third-order valence-electron chi connectivity index (χ3n) is 3.03. The lowest BCUT2D eigenvalue weighted by Crippen LogP contribution is -2.34. The number of benzene rings is 1. The van der Waals surface area contributed by atoms with E-state index in [1.807, 2.05) is 30.3 Å². The molecule has 0 aliphatic carbocycles. The lowest BCUT2D eigenvalue weighted by Gasteiger charge is -2.18. The summed E-state index contributed by atoms with van der Waals surface area (Å²) in [7, 11) is -3.52. The monoisotopic (exact) mass is 284 g/mol. The SMILES string of the molecule is O=C(O)CCN1CCN(Cc2ccccc2)S1(=O)=O. The lowest BCUT2D eigenvalue weighted by atomic mass is 10.2. The van der Waals surface area contributed by atoms with Gasteiger partial charge in [0.2, 0.25) is 0 Å². The van der Waals surface area contributed by atoms with Crippen molar-refractivity contribution in [2.45, 2.75) is 13.0 Å². The molecule has 0 amide bonds. The van der Waals surface area contributed by atoms with Crippen LogP contribution in [0.5, 0.6) is 0 Å². The van der Waals surface area contributed by atoms with E-state index in [1.54, 1.807) is 0 Å². The summed E-state index contributed by atoms with van der Waals surface area (Å²) < 4.78 is 26.9. The van der Waals surface area contributed by atoms with Crippen LogP contribution in [0.15, 0.2) is 30.3 Å². The van der Waals surface area contributed by atoms with E-state index in [4.69, 9.17) is 5.11 Å². The number of hydrogen-bond donors (Lipinski definition) is 1. The van der Waals surface area contributed by atoms with Crippen molar-refractivity contribution in [2.24, 2.45) is 0 Å². The molecular weight excluding hydrogens is 268 g/mol. The molecule has 1 aliphatic heterocycles. The van der Waals surface area contributed by atoms with Crippen molar-refractivity contribution in [1.82, 2.24) is 8.61 Å². The summed E-state index contributed by atoms with van der Waals surface area (Å²) in [6, 6.07) is 9.34. The Hall–Kier alpha value is -1.44. The number of hydrogen-bond acceptors (Lipinski definition) is 3. The summed E-state index contributed by atoms with van der Waals surface area (Å²) in [6.07, 6.45) is -0.168. The summed E-state index contributed by atoms with van der Waals surface area (Å²) in [4.78, 5) is 10.5. The van der Waals surface area contributed by atoms with Gasteiger partial charge in [0, 0.05) is 26.2 Å². The van der Waals surface area contributed by atoms with E-state index in [9.17, 15) is 13.2 Å². The van der Waals surface area contributed by atoms with Gasteiger partial charge in [-0.2, -0.15) is 17.0 Å². The predicted molar refractivity (Wildman–Crippen MR) is 69.6 cm³/mol. The molecule has 104 valence electrons. The first kappa shape index (κ1) is 14.0. The van der Waals surface area contributed by atoms with Crippen LogP contribution in [0.1, 0.15) is 12.0 Å². The van der Waals surface area contributed by atoms with Crippen LogP contribution in [-0.2, 0) is 21.5 Å². The number of carboxylic acid groups (broad SMARTS) is 1. The Kier molecular flexibility index (Phi) is 4.18. The molecule has 0 bridgehead atoms. The van der Waals surface area contributed by atoms with Crippen LogP contribution in [0.4, 0.5) is 0 Å². The lowest BCUT2D eigenvalue weighted by molar-refractivity contribution is -0.137. The molecule has 1 fully saturated rings. The van der Waals surface area contributed by atoms with Crippen LogP contribution >= 0.6 is 0 Å². The molecule has 2 rings (SSSR count). The van der Waals surface area contributed by atoms with Gasteiger partial charge in [-0.25, -0.2) is 0 Å². The first-order valence-electron chi connectivity index (χ1n) is 6.01. The Labute approximate surface area is 112 Å². The smallest absolute Gasteiger partial charge is 0.304 e. The Balaban J connectivity index is 2.03. The second-order valence-electron chi connectivity index (χ2n) is 4.37. The summed E-state index contributed by atoms with van der Waals surface area (Å²) in [5, 5.41) is 8.61. The average Bonchev–Trinajstić information content (AvgIpc) is 2.64. The highest BCUT2D eigenvalue weighted by Crippen LogP contribution is 2.19. The number of carbonyl (C=O) groups is 1. The molecule has 7 heteroatoms. The van der Waals surface area contributed by atoms with E-state index in [2.05, 4.69) is 0 Å².